The summed E-state index contributed by atoms with van der Waals surface area (Å²) in [6, 6.07) is -0.920. The molecular formula is C54H101N2O6P. The second-order valence-electron chi connectivity index (χ2n) is 18.8. The summed E-state index contributed by atoms with van der Waals surface area (Å²) in [4.78, 5) is 25.3. The predicted molar refractivity (Wildman–Crippen MR) is 270 cm³/mol. The molecular weight excluding hydrogens is 804 g/mol. The van der Waals surface area contributed by atoms with E-state index in [1.54, 1.807) is 6.08 Å². The van der Waals surface area contributed by atoms with Crippen molar-refractivity contribution < 1.29 is 32.9 Å². The fraction of sp³-hybridized carbons (Fsp3) is 0.796. The molecule has 368 valence electrons. The van der Waals surface area contributed by atoms with E-state index in [1.165, 1.54) is 141 Å². The van der Waals surface area contributed by atoms with E-state index >= 15 is 0 Å². The normalized spacial score (nSPS) is 14.6. The first-order valence-electron chi connectivity index (χ1n) is 26.2. The summed E-state index contributed by atoms with van der Waals surface area (Å²) in [6.07, 6.45) is 60.3. The van der Waals surface area contributed by atoms with Crippen LogP contribution in [0.5, 0.6) is 0 Å². The van der Waals surface area contributed by atoms with Gasteiger partial charge < -0.3 is 28.8 Å². The number of nitrogens with zero attached hydrogens (tertiary/aromatic N) is 1. The molecule has 0 saturated heterocycles. The van der Waals surface area contributed by atoms with Gasteiger partial charge in [-0.3, -0.25) is 9.36 Å². The number of nitrogens with one attached hydrogen (secondary N) is 1. The minimum absolute atomic E-state index is 0.0144. The number of phosphoric ester groups is 1. The monoisotopic (exact) mass is 905 g/mol. The third-order valence-corrected chi connectivity index (χ3v) is 12.4. The van der Waals surface area contributed by atoms with Crippen LogP contribution in [0.3, 0.4) is 0 Å². The second-order valence-corrected chi connectivity index (χ2v) is 20.2. The van der Waals surface area contributed by atoms with Crippen molar-refractivity contribution >= 4 is 13.7 Å². The first kappa shape index (κ1) is 61.2. The molecule has 63 heavy (non-hydrogen) atoms. The lowest BCUT2D eigenvalue weighted by Crippen LogP contribution is -2.45. The van der Waals surface area contributed by atoms with E-state index < -0.39 is 26.6 Å². The zero-order valence-corrected chi connectivity index (χ0v) is 42.7. The van der Waals surface area contributed by atoms with Crippen LogP contribution in [0.15, 0.2) is 60.8 Å². The quantitative estimate of drug-likeness (QED) is 0.0273. The maximum absolute atomic E-state index is 12.9. The van der Waals surface area contributed by atoms with Gasteiger partial charge in [0.05, 0.1) is 39.9 Å². The summed E-state index contributed by atoms with van der Waals surface area (Å²) < 4.78 is 23.2. The molecule has 0 aromatic heterocycles. The third-order valence-electron chi connectivity index (χ3n) is 11.5. The first-order valence-corrected chi connectivity index (χ1v) is 27.6. The maximum Gasteiger partial charge on any atom is 0.268 e. The van der Waals surface area contributed by atoms with Crippen molar-refractivity contribution in [2.75, 3.05) is 40.9 Å². The van der Waals surface area contributed by atoms with Gasteiger partial charge in [0.2, 0.25) is 5.91 Å². The number of amides is 1. The molecule has 0 saturated carbocycles. The second kappa shape index (κ2) is 45.4. The highest BCUT2D eigenvalue weighted by Gasteiger charge is 2.23. The van der Waals surface area contributed by atoms with Crippen LogP contribution in [0.2, 0.25) is 0 Å². The van der Waals surface area contributed by atoms with Gasteiger partial charge in [-0.25, -0.2) is 0 Å². The first-order chi connectivity index (χ1) is 30.5. The maximum atomic E-state index is 12.9. The van der Waals surface area contributed by atoms with Crippen molar-refractivity contribution in [3.05, 3.63) is 60.8 Å². The number of hydrogen-bond donors (Lipinski definition) is 2. The molecule has 3 unspecified atom stereocenters. The Balaban J connectivity index is 4.24. The molecule has 0 bridgehead atoms. The Hall–Kier alpha value is -1.80. The molecule has 0 aliphatic carbocycles. The van der Waals surface area contributed by atoms with Crippen LogP contribution in [-0.2, 0) is 18.4 Å². The smallest absolute Gasteiger partial charge is 0.268 e. The molecule has 0 spiro atoms. The zero-order valence-electron chi connectivity index (χ0n) is 41.8. The van der Waals surface area contributed by atoms with Crippen molar-refractivity contribution in [1.82, 2.24) is 5.32 Å². The average molecular weight is 905 g/mol. The van der Waals surface area contributed by atoms with Crippen molar-refractivity contribution in [2.45, 2.75) is 238 Å². The fourth-order valence-electron chi connectivity index (χ4n) is 7.36. The average Bonchev–Trinajstić information content (AvgIpc) is 3.24. The third kappa shape index (κ3) is 48.0. The molecule has 8 nitrogen and oxygen atoms in total. The van der Waals surface area contributed by atoms with Crippen molar-refractivity contribution in [1.29, 1.82) is 0 Å². The largest absolute Gasteiger partial charge is 0.756 e. The number of likely N-dealkylation sites (N-methyl/N-ethyl adjacent to an activating group) is 1. The Labute approximate surface area is 390 Å². The van der Waals surface area contributed by atoms with Gasteiger partial charge in [0.1, 0.15) is 13.2 Å². The van der Waals surface area contributed by atoms with Gasteiger partial charge in [-0.2, -0.15) is 0 Å². The number of phosphoric acid groups is 1. The van der Waals surface area contributed by atoms with E-state index in [2.05, 4.69) is 67.8 Å². The summed E-state index contributed by atoms with van der Waals surface area (Å²) in [5, 5.41) is 13.8. The molecule has 0 radical (unpaired) electrons. The number of rotatable bonds is 47. The van der Waals surface area contributed by atoms with Gasteiger partial charge in [0.25, 0.3) is 7.82 Å². The zero-order chi connectivity index (χ0) is 46.4. The van der Waals surface area contributed by atoms with Gasteiger partial charge in [-0.1, -0.05) is 216 Å². The number of hydrogen-bond acceptors (Lipinski definition) is 6. The molecule has 2 N–H and O–H groups in total. The molecule has 0 aliphatic heterocycles. The number of aliphatic hydroxyl groups excluding tert-OH is 1. The molecule has 0 aromatic rings. The van der Waals surface area contributed by atoms with Crippen LogP contribution in [0, 0.1) is 0 Å². The molecule has 0 aliphatic rings. The summed E-state index contributed by atoms with van der Waals surface area (Å²) in [5.41, 5.74) is 0. The summed E-state index contributed by atoms with van der Waals surface area (Å²) in [6.45, 7) is 4.49. The van der Waals surface area contributed by atoms with Crippen molar-refractivity contribution in [2.24, 2.45) is 0 Å². The molecule has 0 heterocycles. The minimum atomic E-state index is -4.61. The number of aliphatic hydroxyl groups is 1. The van der Waals surface area contributed by atoms with E-state index in [4.69, 9.17) is 9.05 Å². The lowest BCUT2D eigenvalue weighted by molar-refractivity contribution is -0.870. The number of carbonyl (C=O) groups is 1. The Morgan fingerprint density at radius 3 is 1.48 bits per heavy atom. The predicted octanol–water partition coefficient (Wildman–Crippen LogP) is 14.7. The van der Waals surface area contributed by atoms with Gasteiger partial charge >= 0.3 is 0 Å². The lowest BCUT2D eigenvalue weighted by Gasteiger charge is -2.29. The highest BCUT2D eigenvalue weighted by atomic mass is 31.2. The van der Waals surface area contributed by atoms with Crippen LogP contribution in [0.4, 0.5) is 0 Å². The van der Waals surface area contributed by atoms with Crippen LogP contribution < -0.4 is 10.2 Å². The fourth-order valence-corrected chi connectivity index (χ4v) is 8.08. The van der Waals surface area contributed by atoms with Crippen molar-refractivity contribution in [3.8, 4) is 0 Å². The van der Waals surface area contributed by atoms with E-state index in [-0.39, 0.29) is 12.5 Å². The van der Waals surface area contributed by atoms with Gasteiger partial charge in [-0.05, 0) is 64.2 Å². The molecule has 0 rings (SSSR count). The molecule has 0 fully saturated rings. The van der Waals surface area contributed by atoms with E-state index in [0.717, 1.165) is 57.8 Å². The molecule has 3 atom stereocenters. The van der Waals surface area contributed by atoms with Gasteiger partial charge in [0.15, 0.2) is 0 Å². The Kier molecular flexibility index (Phi) is 44.1. The number of allylic oxidation sites excluding steroid dienone is 9. The standard InChI is InChI=1S/C54H101N2O6P/c1-6-8-10-12-14-16-18-20-21-22-23-24-25-26-27-28-29-30-31-32-33-34-36-37-39-41-43-45-47-53(57)52(51-62-63(59,60)61-50-49-56(3,4)5)55-54(58)48-46-44-42-40-38-35-19-17-15-13-11-9-7-2/h9,11,15,17,35,37-39,45,47,52-53,57H,6-8,10,12-14,16,18-34,36,40-44,46,48-51H2,1-5H3,(H-,55,58,59,60)/b11-9-,17-15-,38-35-,39-37+,47-45+. The summed E-state index contributed by atoms with van der Waals surface area (Å²) in [7, 11) is 1.22. The van der Waals surface area contributed by atoms with Crippen LogP contribution in [0.25, 0.3) is 0 Å². The number of quaternary nitrogens is 1. The van der Waals surface area contributed by atoms with E-state index in [0.29, 0.717) is 23.9 Å². The minimum Gasteiger partial charge on any atom is -0.756 e. The van der Waals surface area contributed by atoms with E-state index in [1.807, 2.05) is 27.2 Å². The number of unbranched alkanes of at least 4 members (excludes halogenated alkanes) is 26. The number of carbonyl (C=O) groups excluding carboxylic acids is 1. The van der Waals surface area contributed by atoms with Crippen LogP contribution in [0.1, 0.15) is 226 Å². The lowest BCUT2D eigenvalue weighted by atomic mass is 10.0. The van der Waals surface area contributed by atoms with Crippen LogP contribution in [-0.4, -0.2) is 68.5 Å². The topological polar surface area (TPSA) is 108 Å². The van der Waals surface area contributed by atoms with Crippen LogP contribution >= 0.6 is 7.82 Å². The summed E-state index contributed by atoms with van der Waals surface area (Å²) >= 11 is 0. The highest BCUT2D eigenvalue weighted by molar-refractivity contribution is 7.45. The highest BCUT2D eigenvalue weighted by Crippen LogP contribution is 2.38. The Morgan fingerprint density at radius 2 is 0.984 bits per heavy atom. The molecule has 1 amide bonds. The summed E-state index contributed by atoms with van der Waals surface area (Å²) in [5.74, 6) is -0.237. The van der Waals surface area contributed by atoms with Crippen molar-refractivity contribution in [3.63, 3.8) is 0 Å². The Morgan fingerprint density at radius 1 is 0.571 bits per heavy atom. The van der Waals surface area contributed by atoms with Gasteiger partial charge in [-0.15, -0.1) is 0 Å². The Bertz CT molecular complexity index is 1210. The molecule has 0 aromatic carbocycles. The SMILES string of the molecule is CC/C=C\C/C=C\C/C=C\CCCCCC(=O)NC(COP(=O)([O-])OCC[N+](C)(C)C)C(O)/C=C/CC/C=C/CCCCCCCCCCCCCCCCCCCCCCCC. The molecule has 9 heteroatoms. The van der Waals surface area contributed by atoms with Gasteiger partial charge in [0, 0.05) is 6.42 Å². The van der Waals surface area contributed by atoms with E-state index in [9.17, 15) is 19.4 Å².